The van der Waals surface area contributed by atoms with Gasteiger partial charge in [-0.2, -0.15) is 0 Å². The molecular formula is C8H14S2. The van der Waals surface area contributed by atoms with Crippen LogP contribution in [0.15, 0.2) is 23.0 Å². The molecule has 0 aromatic heterocycles. The minimum Gasteiger partial charge on any atom is -0.0883 e. The largest absolute Gasteiger partial charge is 0.0883 e. The minimum absolute atomic E-state index is 0.586. The summed E-state index contributed by atoms with van der Waals surface area (Å²) in [4.78, 5) is 1.24. The van der Waals surface area contributed by atoms with Crippen LogP contribution in [0.3, 0.4) is 0 Å². The molecule has 0 aromatic rings. The van der Waals surface area contributed by atoms with Crippen molar-refractivity contribution in [2.45, 2.75) is 20.8 Å². The van der Waals surface area contributed by atoms with E-state index in [1.165, 1.54) is 4.91 Å². The zero-order valence-corrected chi connectivity index (χ0v) is 8.39. The predicted octanol–water partition coefficient (Wildman–Crippen LogP) is 4.07. The highest BCUT2D eigenvalue weighted by Crippen LogP contribution is 2.33. The van der Waals surface area contributed by atoms with Crippen LogP contribution in [-0.4, -0.2) is 0 Å². The van der Waals surface area contributed by atoms with E-state index < -0.39 is 0 Å². The second kappa shape index (κ2) is 5.93. The maximum Gasteiger partial charge on any atom is -0.00850 e. The molecule has 0 saturated heterocycles. The maximum absolute atomic E-state index is 3.93. The Morgan fingerprint density at radius 3 is 2.50 bits per heavy atom. The van der Waals surface area contributed by atoms with Crippen LogP contribution in [0.25, 0.3) is 0 Å². The van der Waals surface area contributed by atoms with Gasteiger partial charge in [0.25, 0.3) is 0 Å². The predicted molar refractivity (Wildman–Crippen MR) is 54.0 cm³/mol. The zero-order chi connectivity index (χ0) is 7.98. The van der Waals surface area contributed by atoms with Crippen LogP contribution in [0.1, 0.15) is 20.8 Å². The van der Waals surface area contributed by atoms with Gasteiger partial charge in [-0.25, -0.2) is 0 Å². The SMILES string of the molecule is C=C(SS/C=C\C)C(C)C. The lowest BCUT2D eigenvalue weighted by molar-refractivity contribution is 0.821. The Hall–Kier alpha value is 0.180. The van der Waals surface area contributed by atoms with E-state index in [0.717, 1.165) is 0 Å². The topological polar surface area (TPSA) is 0 Å². The van der Waals surface area contributed by atoms with E-state index in [4.69, 9.17) is 0 Å². The average Bonchev–Trinajstić information content (AvgIpc) is 1.88. The van der Waals surface area contributed by atoms with E-state index in [1.54, 1.807) is 21.6 Å². The zero-order valence-electron chi connectivity index (χ0n) is 6.76. The first-order valence-electron chi connectivity index (χ1n) is 3.31. The number of allylic oxidation sites excluding steroid dienone is 2. The van der Waals surface area contributed by atoms with Crippen LogP contribution in [0.5, 0.6) is 0 Å². The molecule has 0 aromatic carbocycles. The molecule has 0 aliphatic rings. The molecule has 0 amide bonds. The Bertz CT molecular complexity index is 125. The van der Waals surface area contributed by atoms with Crippen molar-refractivity contribution in [3.05, 3.63) is 23.0 Å². The Balaban J connectivity index is 3.40. The van der Waals surface area contributed by atoms with Crippen LogP contribution in [0, 0.1) is 5.92 Å². The smallest absolute Gasteiger partial charge is 0.00850 e. The van der Waals surface area contributed by atoms with Crippen molar-refractivity contribution < 1.29 is 0 Å². The van der Waals surface area contributed by atoms with Crippen molar-refractivity contribution in [1.29, 1.82) is 0 Å². The van der Waals surface area contributed by atoms with Gasteiger partial charge in [-0.1, -0.05) is 48.1 Å². The van der Waals surface area contributed by atoms with E-state index in [1.807, 2.05) is 13.0 Å². The lowest BCUT2D eigenvalue weighted by atomic mass is 10.2. The minimum atomic E-state index is 0.586. The van der Waals surface area contributed by atoms with E-state index in [9.17, 15) is 0 Å². The lowest BCUT2D eigenvalue weighted by Crippen LogP contribution is -1.83. The van der Waals surface area contributed by atoms with Gasteiger partial charge in [0, 0.05) is 0 Å². The van der Waals surface area contributed by atoms with Crippen molar-refractivity contribution in [3.63, 3.8) is 0 Å². The summed E-state index contributed by atoms with van der Waals surface area (Å²) in [7, 11) is 3.47. The number of rotatable bonds is 4. The Morgan fingerprint density at radius 1 is 1.50 bits per heavy atom. The summed E-state index contributed by atoms with van der Waals surface area (Å²) in [6.07, 6.45) is 2.03. The van der Waals surface area contributed by atoms with Crippen molar-refractivity contribution in [2.24, 2.45) is 5.92 Å². The molecule has 0 aliphatic heterocycles. The fourth-order valence-electron chi connectivity index (χ4n) is 0.241. The van der Waals surface area contributed by atoms with Gasteiger partial charge in [0.15, 0.2) is 0 Å². The van der Waals surface area contributed by atoms with Gasteiger partial charge >= 0.3 is 0 Å². The van der Waals surface area contributed by atoms with Crippen molar-refractivity contribution in [3.8, 4) is 0 Å². The lowest BCUT2D eigenvalue weighted by Gasteiger charge is -2.04. The van der Waals surface area contributed by atoms with E-state index in [0.29, 0.717) is 5.92 Å². The summed E-state index contributed by atoms with van der Waals surface area (Å²) in [5.41, 5.74) is 0. The Kier molecular flexibility index (Phi) is 6.03. The quantitative estimate of drug-likeness (QED) is 0.589. The third-order valence-corrected chi connectivity index (χ3v) is 3.42. The number of hydrogen-bond donors (Lipinski definition) is 0. The first-order valence-corrected chi connectivity index (χ1v) is 5.53. The van der Waals surface area contributed by atoms with Gasteiger partial charge in [0.1, 0.15) is 0 Å². The first-order chi connectivity index (χ1) is 4.68. The van der Waals surface area contributed by atoms with Crippen LogP contribution >= 0.6 is 21.6 Å². The van der Waals surface area contributed by atoms with Gasteiger partial charge in [-0.3, -0.25) is 0 Å². The van der Waals surface area contributed by atoms with Gasteiger partial charge in [0.05, 0.1) is 0 Å². The molecule has 58 valence electrons. The molecule has 0 spiro atoms. The average molecular weight is 174 g/mol. The van der Waals surface area contributed by atoms with Crippen LogP contribution in [0.4, 0.5) is 0 Å². The molecule has 0 unspecified atom stereocenters. The fraction of sp³-hybridized carbons (Fsp3) is 0.500. The van der Waals surface area contributed by atoms with E-state index in [-0.39, 0.29) is 0 Å². The molecular weight excluding hydrogens is 160 g/mol. The molecule has 0 nitrogen and oxygen atoms in total. The third-order valence-electron chi connectivity index (χ3n) is 0.991. The number of hydrogen-bond acceptors (Lipinski definition) is 2. The van der Waals surface area contributed by atoms with Crippen molar-refractivity contribution in [1.82, 2.24) is 0 Å². The highest BCUT2D eigenvalue weighted by Gasteiger charge is 1.98. The summed E-state index contributed by atoms with van der Waals surface area (Å²) < 4.78 is 0. The third kappa shape index (κ3) is 5.00. The molecule has 0 radical (unpaired) electrons. The van der Waals surface area contributed by atoms with Gasteiger partial charge in [-0.15, -0.1) is 0 Å². The molecule has 0 aliphatic carbocycles. The van der Waals surface area contributed by atoms with Gasteiger partial charge < -0.3 is 0 Å². The van der Waals surface area contributed by atoms with E-state index in [2.05, 4.69) is 25.8 Å². The molecule has 0 rings (SSSR count). The molecule has 0 saturated carbocycles. The second-order valence-corrected chi connectivity index (χ2v) is 4.50. The first kappa shape index (κ1) is 10.2. The molecule has 0 atom stereocenters. The van der Waals surface area contributed by atoms with Crippen molar-refractivity contribution >= 4 is 21.6 Å². The highest BCUT2D eigenvalue weighted by molar-refractivity contribution is 8.79. The molecule has 0 fully saturated rings. The second-order valence-electron chi connectivity index (χ2n) is 2.27. The van der Waals surface area contributed by atoms with Gasteiger partial charge in [-0.05, 0) is 23.2 Å². The van der Waals surface area contributed by atoms with Crippen LogP contribution < -0.4 is 0 Å². The molecule has 10 heavy (non-hydrogen) atoms. The summed E-state index contributed by atoms with van der Waals surface area (Å²) in [6, 6.07) is 0. The van der Waals surface area contributed by atoms with Crippen molar-refractivity contribution in [2.75, 3.05) is 0 Å². The summed E-state index contributed by atoms with van der Waals surface area (Å²) in [5, 5.41) is 2.07. The van der Waals surface area contributed by atoms with Crippen LogP contribution in [0.2, 0.25) is 0 Å². The Labute approximate surface area is 71.6 Å². The molecule has 0 bridgehead atoms. The monoisotopic (exact) mass is 174 g/mol. The highest BCUT2D eigenvalue weighted by atomic mass is 33.1. The molecule has 0 N–H and O–H groups in total. The maximum atomic E-state index is 3.93. The van der Waals surface area contributed by atoms with Gasteiger partial charge in [0.2, 0.25) is 0 Å². The fourth-order valence-corrected chi connectivity index (χ4v) is 2.17. The molecule has 2 heteroatoms. The summed E-state index contributed by atoms with van der Waals surface area (Å²) in [5.74, 6) is 0.586. The molecule has 0 heterocycles. The summed E-state index contributed by atoms with van der Waals surface area (Å²) >= 11 is 0. The summed E-state index contributed by atoms with van der Waals surface area (Å²) in [6.45, 7) is 10.3. The van der Waals surface area contributed by atoms with E-state index >= 15 is 0 Å². The van der Waals surface area contributed by atoms with Crippen LogP contribution in [-0.2, 0) is 0 Å². The standard InChI is InChI=1S/C8H14S2/c1-5-6-9-10-8(4)7(2)3/h5-7H,4H2,1-3H3/b6-5-. The normalized spacial score (nSPS) is 11.2. The Morgan fingerprint density at radius 2 is 2.10 bits per heavy atom.